The van der Waals surface area contributed by atoms with Gasteiger partial charge in [-0.3, -0.25) is 0 Å². The lowest BCUT2D eigenvalue weighted by atomic mass is 10.0. The molecule has 28 heavy (non-hydrogen) atoms. The topological polar surface area (TPSA) is 34.0 Å². The van der Waals surface area contributed by atoms with E-state index in [-0.39, 0.29) is 5.02 Å². The fraction of sp³-hybridized carbons (Fsp3) is 0.130. The monoisotopic (exact) mass is 396 g/mol. The predicted octanol–water partition coefficient (Wildman–Crippen LogP) is 6.88. The van der Waals surface area contributed by atoms with E-state index in [1.165, 1.54) is 12.1 Å². The van der Waals surface area contributed by atoms with E-state index in [2.05, 4.69) is 23.3 Å². The molecule has 0 spiro atoms. The first-order chi connectivity index (χ1) is 13.4. The Balaban J connectivity index is 2.60. The molecule has 0 aliphatic carbocycles. The molecule has 0 fully saturated rings. The Kier molecular flexibility index (Phi) is 7.47. The van der Waals surface area contributed by atoms with Gasteiger partial charge in [-0.15, -0.1) is 0 Å². The van der Waals surface area contributed by atoms with Crippen molar-refractivity contribution in [3.8, 4) is 16.9 Å². The number of nitrogens with zero attached hydrogens (tertiary/aromatic N) is 2. The Morgan fingerprint density at radius 3 is 2.54 bits per heavy atom. The highest BCUT2D eigenvalue weighted by molar-refractivity contribution is 6.30. The zero-order chi connectivity index (χ0) is 20.7. The van der Waals surface area contributed by atoms with E-state index < -0.39 is 5.82 Å². The van der Waals surface area contributed by atoms with Crippen molar-refractivity contribution in [3.05, 3.63) is 83.2 Å². The number of aryl methyl sites for hydroxylation is 1. The summed E-state index contributed by atoms with van der Waals surface area (Å²) in [4.78, 5) is 8.66. The van der Waals surface area contributed by atoms with Gasteiger partial charge in [0.05, 0.1) is 12.1 Å². The van der Waals surface area contributed by atoms with Crippen LogP contribution in [0.15, 0.2) is 76.8 Å². The first-order valence-corrected chi connectivity index (χ1v) is 8.98. The minimum Gasteiger partial charge on any atom is -0.494 e. The minimum absolute atomic E-state index is 0.0835. The zero-order valence-electron chi connectivity index (χ0n) is 16.2. The third-order valence-corrected chi connectivity index (χ3v) is 4.36. The molecule has 3 nitrogen and oxygen atoms in total. The second kappa shape index (κ2) is 9.81. The Morgan fingerprint density at radius 2 is 1.96 bits per heavy atom. The Hall–Kier alpha value is -2.98. The molecule has 0 saturated heterocycles. The van der Waals surface area contributed by atoms with Gasteiger partial charge in [-0.25, -0.2) is 14.4 Å². The van der Waals surface area contributed by atoms with Gasteiger partial charge < -0.3 is 4.74 Å². The van der Waals surface area contributed by atoms with Crippen LogP contribution in [0, 0.1) is 12.7 Å². The van der Waals surface area contributed by atoms with Crippen LogP contribution in [0.1, 0.15) is 12.5 Å². The molecule has 0 N–H and O–H groups in total. The normalized spacial score (nSPS) is 12.3. The number of amidine groups is 1. The van der Waals surface area contributed by atoms with Crippen LogP contribution in [0.25, 0.3) is 11.1 Å². The number of hydrogen-bond donors (Lipinski definition) is 0. The molecule has 0 saturated carbocycles. The van der Waals surface area contributed by atoms with Crippen LogP contribution < -0.4 is 4.74 Å². The maximum atomic E-state index is 13.8. The van der Waals surface area contributed by atoms with E-state index in [4.69, 9.17) is 16.3 Å². The van der Waals surface area contributed by atoms with Crippen LogP contribution in [-0.2, 0) is 0 Å². The highest BCUT2D eigenvalue weighted by atomic mass is 35.5. The SMILES string of the molecule is C=C/C(=C\C=C/C)C(N=C)=Nc1c(C)cc(-c2ccc(Cl)c(F)c2)cc1OC. The van der Waals surface area contributed by atoms with Crippen molar-refractivity contribution in [2.45, 2.75) is 13.8 Å². The standard InChI is InChI=1S/C23H22ClFN2O/c1-6-8-9-16(7-2)23(26-4)27-22-15(3)12-18(14-21(22)28-5)17-10-11-19(24)20(25)13-17/h6-14H,2,4H2,1,3,5H3/b8-6-,16-9+,27-23?. The molecular weight excluding hydrogens is 375 g/mol. The molecule has 2 aromatic rings. The number of benzene rings is 2. The maximum Gasteiger partial charge on any atom is 0.159 e. The summed E-state index contributed by atoms with van der Waals surface area (Å²) in [6.07, 6.45) is 7.30. The molecule has 144 valence electrons. The predicted molar refractivity (Wildman–Crippen MR) is 118 cm³/mol. The third-order valence-electron chi connectivity index (χ3n) is 4.05. The van der Waals surface area contributed by atoms with E-state index in [9.17, 15) is 4.39 Å². The summed E-state index contributed by atoms with van der Waals surface area (Å²) in [5, 5.41) is 0.0835. The van der Waals surface area contributed by atoms with Crippen LogP contribution in [0.4, 0.5) is 10.1 Å². The van der Waals surface area contributed by atoms with Gasteiger partial charge in [-0.1, -0.05) is 48.6 Å². The van der Waals surface area contributed by atoms with E-state index in [0.717, 1.165) is 16.7 Å². The number of rotatable bonds is 6. The van der Waals surface area contributed by atoms with Crippen molar-refractivity contribution in [2.75, 3.05) is 7.11 Å². The molecular formula is C23H22ClFN2O. The molecule has 0 atom stereocenters. The summed E-state index contributed by atoms with van der Waals surface area (Å²) in [6.45, 7) is 11.2. The first kappa shape index (κ1) is 21.3. The van der Waals surface area contributed by atoms with Gasteiger partial charge in [-0.05, 0) is 61.5 Å². The number of ether oxygens (including phenoxy) is 1. The molecule has 0 unspecified atom stereocenters. The first-order valence-electron chi connectivity index (χ1n) is 8.60. The summed E-state index contributed by atoms with van der Waals surface area (Å²) in [5.41, 5.74) is 3.70. The van der Waals surface area contributed by atoms with Gasteiger partial charge in [0.2, 0.25) is 0 Å². The summed E-state index contributed by atoms with van der Waals surface area (Å²) >= 11 is 5.78. The lowest BCUT2D eigenvalue weighted by Crippen LogP contribution is -1.98. The van der Waals surface area contributed by atoms with E-state index >= 15 is 0 Å². The molecule has 0 heterocycles. The minimum atomic E-state index is -0.472. The molecule has 0 aromatic heterocycles. The van der Waals surface area contributed by atoms with Gasteiger partial charge >= 0.3 is 0 Å². The number of allylic oxidation sites excluding steroid dienone is 3. The van der Waals surface area contributed by atoms with Gasteiger partial charge in [0.1, 0.15) is 17.3 Å². The number of halogens is 2. The van der Waals surface area contributed by atoms with E-state index in [1.54, 1.807) is 25.3 Å². The lowest BCUT2D eigenvalue weighted by molar-refractivity contribution is 0.416. The molecule has 2 aromatic carbocycles. The van der Waals surface area contributed by atoms with Crippen LogP contribution in [0.2, 0.25) is 5.02 Å². The van der Waals surface area contributed by atoms with Gasteiger partial charge in [0, 0.05) is 5.57 Å². The van der Waals surface area contributed by atoms with Crippen molar-refractivity contribution in [1.82, 2.24) is 0 Å². The van der Waals surface area contributed by atoms with E-state index in [1.807, 2.05) is 38.1 Å². The van der Waals surface area contributed by atoms with Crippen molar-refractivity contribution in [2.24, 2.45) is 9.98 Å². The smallest absolute Gasteiger partial charge is 0.159 e. The molecule has 2 rings (SSSR count). The molecule has 0 amide bonds. The summed E-state index contributed by atoms with van der Waals surface area (Å²) in [7, 11) is 1.56. The van der Waals surface area contributed by atoms with Crippen LogP contribution >= 0.6 is 11.6 Å². The molecule has 0 aliphatic heterocycles. The Bertz CT molecular complexity index is 990. The lowest BCUT2D eigenvalue weighted by Gasteiger charge is -2.13. The van der Waals surface area contributed by atoms with Crippen molar-refractivity contribution < 1.29 is 9.13 Å². The van der Waals surface area contributed by atoms with Gasteiger partial charge in [0.15, 0.2) is 5.84 Å². The summed E-state index contributed by atoms with van der Waals surface area (Å²) in [5.74, 6) is 0.501. The third kappa shape index (κ3) is 4.84. The van der Waals surface area contributed by atoms with Crippen molar-refractivity contribution >= 4 is 29.8 Å². The molecule has 0 bridgehead atoms. The quantitative estimate of drug-likeness (QED) is 0.297. The molecule has 0 aliphatic rings. The summed E-state index contributed by atoms with van der Waals surface area (Å²) in [6, 6.07) is 8.40. The Morgan fingerprint density at radius 1 is 1.21 bits per heavy atom. The molecule has 0 radical (unpaired) electrons. The number of aliphatic imine (C=N–C) groups is 2. The largest absolute Gasteiger partial charge is 0.494 e. The van der Waals surface area contributed by atoms with E-state index in [0.29, 0.717) is 22.8 Å². The highest BCUT2D eigenvalue weighted by Crippen LogP contribution is 2.37. The summed E-state index contributed by atoms with van der Waals surface area (Å²) < 4.78 is 19.4. The van der Waals surface area contributed by atoms with Gasteiger partial charge in [0.25, 0.3) is 0 Å². The number of methoxy groups -OCH3 is 1. The van der Waals surface area contributed by atoms with Crippen LogP contribution in [0.5, 0.6) is 5.75 Å². The maximum absolute atomic E-state index is 13.8. The van der Waals surface area contributed by atoms with Crippen LogP contribution in [0.3, 0.4) is 0 Å². The molecule has 5 heteroatoms. The zero-order valence-corrected chi connectivity index (χ0v) is 16.9. The number of hydrogen-bond acceptors (Lipinski definition) is 2. The van der Waals surface area contributed by atoms with Gasteiger partial charge in [-0.2, -0.15) is 0 Å². The average Bonchev–Trinajstić information content (AvgIpc) is 2.70. The van der Waals surface area contributed by atoms with Crippen LogP contribution in [-0.4, -0.2) is 19.7 Å². The fourth-order valence-electron chi connectivity index (χ4n) is 2.62. The average molecular weight is 397 g/mol. The second-order valence-electron chi connectivity index (χ2n) is 5.92. The second-order valence-corrected chi connectivity index (χ2v) is 6.33. The highest BCUT2D eigenvalue weighted by Gasteiger charge is 2.13. The van der Waals surface area contributed by atoms with Crippen molar-refractivity contribution in [3.63, 3.8) is 0 Å². The Labute approximate surface area is 170 Å². The fourth-order valence-corrected chi connectivity index (χ4v) is 2.74. The van der Waals surface area contributed by atoms with Crippen molar-refractivity contribution in [1.29, 1.82) is 0 Å².